The normalized spacial score (nSPS) is 19.6. The Hall–Kier alpha value is -3.84. The van der Waals surface area contributed by atoms with Crippen molar-refractivity contribution in [3.63, 3.8) is 0 Å². The number of rotatable bonds is 9. The van der Waals surface area contributed by atoms with E-state index in [4.69, 9.17) is 4.74 Å². The summed E-state index contributed by atoms with van der Waals surface area (Å²) in [7, 11) is 0. The molecular weight excluding hydrogens is 500 g/mol. The van der Waals surface area contributed by atoms with Gasteiger partial charge >= 0.3 is 0 Å². The first-order valence-electron chi connectivity index (χ1n) is 14.3. The zero-order valence-corrected chi connectivity index (χ0v) is 24.2. The SMILES string of the molecule is C\C=C/C=C\C(=C\CCC)NC(=O)c1ccc2c(c1)C(Nc1ccc(N3CCOCC3)cc1)CC(C)N2C(C)=O. The average Bonchev–Trinajstić information content (AvgIpc) is 2.96. The molecule has 2 unspecified atom stereocenters. The second-order valence-corrected chi connectivity index (χ2v) is 10.4. The first-order valence-corrected chi connectivity index (χ1v) is 14.3. The fraction of sp³-hybridized carbons (Fsp3) is 0.394. The van der Waals surface area contributed by atoms with Gasteiger partial charge in [0, 0.05) is 54.4 Å². The maximum atomic E-state index is 13.4. The molecule has 4 rings (SSSR count). The lowest BCUT2D eigenvalue weighted by molar-refractivity contribution is -0.117. The molecule has 7 nitrogen and oxygen atoms in total. The number of hydrogen-bond acceptors (Lipinski definition) is 5. The number of nitrogens with zero attached hydrogens (tertiary/aromatic N) is 2. The van der Waals surface area contributed by atoms with Crippen molar-refractivity contribution in [1.29, 1.82) is 0 Å². The van der Waals surface area contributed by atoms with Crippen LogP contribution in [0.25, 0.3) is 0 Å². The van der Waals surface area contributed by atoms with Crippen molar-refractivity contribution < 1.29 is 14.3 Å². The van der Waals surface area contributed by atoms with Crippen molar-refractivity contribution in [2.45, 2.75) is 59.0 Å². The molecule has 2 amide bonds. The lowest BCUT2D eigenvalue weighted by Gasteiger charge is -2.39. The van der Waals surface area contributed by atoms with Gasteiger partial charge in [-0.05, 0) is 80.8 Å². The lowest BCUT2D eigenvalue weighted by Crippen LogP contribution is -2.43. The molecule has 0 aliphatic carbocycles. The average molecular weight is 543 g/mol. The Labute approximate surface area is 238 Å². The van der Waals surface area contributed by atoms with Gasteiger partial charge in [-0.1, -0.05) is 37.6 Å². The van der Waals surface area contributed by atoms with E-state index >= 15 is 0 Å². The second-order valence-electron chi connectivity index (χ2n) is 10.4. The van der Waals surface area contributed by atoms with E-state index in [2.05, 4.69) is 53.6 Å². The summed E-state index contributed by atoms with van der Waals surface area (Å²) in [5.74, 6) is -0.171. The number of carbonyl (C=O) groups is 2. The highest BCUT2D eigenvalue weighted by Crippen LogP contribution is 2.40. The van der Waals surface area contributed by atoms with Crippen molar-refractivity contribution in [3.8, 4) is 0 Å². The Morgan fingerprint density at radius 3 is 2.50 bits per heavy atom. The molecule has 2 N–H and O–H groups in total. The summed E-state index contributed by atoms with van der Waals surface area (Å²) >= 11 is 0. The predicted molar refractivity (Wildman–Crippen MR) is 164 cm³/mol. The number of amides is 2. The van der Waals surface area contributed by atoms with Crippen LogP contribution in [0.2, 0.25) is 0 Å². The summed E-state index contributed by atoms with van der Waals surface area (Å²) in [6, 6.07) is 14.1. The Morgan fingerprint density at radius 2 is 1.82 bits per heavy atom. The molecule has 0 saturated carbocycles. The summed E-state index contributed by atoms with van der Waals surface area (Å²) in [6.07, 6.45) is 12.4. The maximum absolute atomic E-state index is 13.4. The van der Waals surface area contributed by atoms with Crippen molar-refractivity contribution in [3.05, 3.63) is 89.7 Å². The largest absolute Gasteiger partial charge is 0.378 e. The molecule has 2 aromatic carbocycles. The molecule has 2 atom stereocenters. The van der Waals surface area contributed by atoms with Gasteiger partial charge in [-0.3, -0.25) is 9.59 Å². The van der Waals surface area contributed by atoms with E-state index < -0.39 is 0 Å². The number of anilines is 3. The maximum Gasteiger partial charge on any atom is 0.255 e. The van der Waals surface area contributed by atoms with Crippen molar-refractivity contribution in [2.75, 3.05) is 41.4 Å². The molecular formula is C33H42N4O3. The van der Waals surface area contributed by atoms with Gasteiger partial charge in [-0.15, -0.1) is 0 Å². The number of hydrogen-bond donors (Lipinski definition) is 2. The van der Waals surface area contributed by atoms with Crippen LogP contribution in [-0.4, -0.2) is 44.2 Å². The van der Waals surface area contributed by atoms with Crippen molar-refractivity contribution in [2.24, 2.45) is 0 Å². The molecule has 2 aliphatic heterocycles. The molecule has 0 bridgehead atoms. The minimum absolute atomic E-state index is 0.00170. The van der Waals surface area contributed by atoms with Crippen LogP contribution < -0.4 is 20.4 Å². The van der Waals surface area contributed by atoms with Crippen LogP contribution in [0, 0.1) is 0 Å². The second kappa shape index (κ2) is 14.0. The van der Waals surface area contributed by atoms with Crippen LogP contribution in [0.3, 0.4) is 0 Å². The van der Waals surface area contributed by atoms with Gasteiger partial charge in [-0.2, -0.15) is 0 Å². The Morgan fingerprint density at radius 1 is 1.07 bits per heavy atom. The topological polar surface area (TPSA) is 73.9 Å². The van der Waals surface area contributed by atoms with Crippen LogP contribution in [0.4, 0.5) is 17.1 Å². The highest BCUT2D eigenvalue weighted by atomic mass is 16.5. The third kappa shape index (κ3) is 7.21. The van der Waals surface area contributed by atoms with Gasteiger partial charge in [0.05, 0.1) is 19.3 Å². The molecule has 2 aromatic rings. The number of carbonyl (C=O) groups excluding carboxylic acids is 2. The fourth-order valence-electron chi connectivity index (χ4n) is 5.35. The first kappa shape index (κ1) is 29.2. The van der Waals surface area contributed by atoms with Gasteiger partial charge in [-0.25, -0.2) is 0 Å². The zero-order chi connectivity index (χ0) is 28.5. The number of benzene rings is 2. The van der Waals surface area contributed by atoms with E-state index in [9.17, 15) is 9.59 Å². The van der Waals surface area contributed by atoms with Crippen LogP contribution >= 0.6 is 0 Å². The molecule has 2 aliphatic rings. The minimum atomic E-state index is -0.170. The monoisotopic (exact) mass is 542 g/mol. The summed E-state index contributed by atoms with van der Waals surface area (Å²) in [4.78, 5) is 30.1. The predicted octanol–water partition coefficient (Wildman–Crippen LogP) is 6.37. The minimum Gasteiger partial charge on any atom is -0.378 e. The van der Waals surface area contributed by atoms with Gasteiger partial charge < -0.3 is 25.2 Å². The van der Waals surface area contributed by atoms with E-state index in [-0.39, 0.29) is 23.9 Å². The number of unbranched alkanes of at least 4 members (excludes halogenated alkanes) is 1. The lowest BCUT2D eigenvalue weighted by atomic mass is 9.90. The van der Waals surface area contributed by atoms with E-state index in [0.29, 0.717) is 5.56 Å². The molecule has 0 radical (unpaired) electrons. The van der Waals surface area contributed by atoms with Crippen molar-refractivity contribution in [1.82, 2.24) is 5.32 Å². The molecule has 0 aromatic heterocycles. The smallest absolute Gasteiger partial charge is 0.255 e. The van der Waals surface area contributed by atoms with Crippen LogP contribution in [0.5, 0.6) is 0 Å². The van der Waals surface area contributed by atoms with Gasteiger partial charge in [0.15, 0.2) is 0 Å². The zero-order valence-electron chi connectivity index (χ0n) is 24.2. The van der Waals surface area contributed by atoms with Crippen LogP contribution in [-0.2, 0) is 9.53 Å². The molecule has 7 heteroatoms. The number of allylic oxidation sites excluding steroid dienone is 5. The van der Waals surface area contributed by atoms with Gasteiger partial charge in [0.2, 0.25) is 5.91 Å². The highest BCUT2D eigenvalue weighted by molar-refractivity contribution is 5.98. The Balaban J connectivity index is 1.59. The molecule has 40 heavy (non-hydrogen) atoms. The van der Waals surface area contributed by atoms with E-state index in [0.717, 1.165) is 68.2 Å². The Kier molecular flexibility index (Phi) is 10.2. The summed E-state index contributed by atoms with van der Waals surface area (Å²) in [5, 5.41) is 6.75. The third-order valence-electron chi connectivity index (χ3n) is 7.36. The molecule has 1 fully saturated rings. The number of nitrogens with one attached hydrogen (secondary N) is 2. The quantitative estimate of drug-likeness (QED) is 0.360. The number of ether oxygens (including phenoxy) is 1. The molecule has 0 spiro atoms. The fourth-order valence-corrected chi connectivity index (χ4v) is 5.35. The third-order valence-corrected chi connectivity index (χ3v) is 7.36. The first-order chi connectivity index (χ1) is 19.4. The van der Waals surface area contributed by atoms with Crippen molar-refractivity contribution >= 4 is 28.9 Å². The van der Waals surface area contributed by atoms with Crippen LogP contribution in [0.1, 0.15) is 68.9 Å². The number of morpholine rings is 1. The van der Waals surface area contributed by atoms with Gasteiger partial charge in [0.25, 0.3) is 5.91 Å². The highest BCUT2D eigenvalue weighted by Gasteiger charge is 2.33. The molecule has 1 saturated heterocycles. The van der Waals surface area contributed by atoms with E-state index in [1.165, 1.54) is 5.69 Å². The standard InChI is InChI=1S/C33H42N4O3/c1-5-7-9-11-27(10-8-6-2)35-33(39)26-12-17-32-30(23-26)31(22-24(3)37(32)25(4)38)34-28-13-15-29(16-14-28)36-18-20-40-21-19-36/h5,7,9-17,23-24,31,34H,6,8,18-22H2,1-4H3,(H,35,39)/b7-5-,11-9-,27-10-. The summed E-state index contributed by atoms with van der Waals surface area (Å²) in [5.41, 5.74) is 5.32. The van der Waals surface area contributed by atoms with E-state index in [1.807, 2.05) is 60.4 Å². The molecule has 212 valence electrons. The summed E-state index contributed by atoms with van der Waals surface area (Å²) in [6.45, 7) is 11.0. The Bertz CT molecular complexity index is 1260. The molecule has 2 heterocycles. The number of fused-ring (bicyclic) bond motifs is 1. The summed E-state index contributed by atoms with van der Waals surface area (Å²) < 4.78 is 5.48. The van der Waals surface area contributed by atoms with Gasteiger partial charge in [0.1, 0.15) is 0 Å². The van der Waals surface area contributed by atoms with E-state index in [1.54, 1.807) is 6.92 Å². The van der Waals surface area contributed by atoms with Crippen LogP contribution in [0.15, 0.2) is 78.5 Å².